The number of methoxy groups -OCH3 is 1. The Hall–Kier alpha value is -1.81. The molecule has 0 spiro atoms. The lowest BCUT2D eigenvalue weighted by Gasteiger charge is -2.11. The number of hydrogen-bond acceptors (Lipinski definition) is 3. The van der Waals surface area contributed by atoms with Crippen LogP contribution in [0.1, 0.15) is 12.5 Å². The van der Waals surface area contributed by atoms with Gasteiger partial charge in [0.15, 0.2) is 0 Å². The molecule has 0 aliphatic heterocycles. The molecule has 4 nitrogen and oxygen atoms in total. The molecule has 2 aromatic rings. The Morgan fingerprint density at radius 2 is 2.21 bits per heavy atom. The molecule has 0 radical (unpaired) electrons. The Morgan fingerprint density at radius 1 is 1.37 bits per heavy atom. The van der Waals surface area contributed by atoms with Gasteiger partial charge in [-0.25, -0.2) is 4.98 Å². The monoisotopic (exact) mass is 259 g/mol. The van der Waals surface area contributed by atoms with Crippen molar-refractivity contribution in [3.63, 3.8) is 0 Å². The largest absolute Gasteiger partial charge is 0.496 e. The highest BCUT2D eigenvalue weighted by atomic mass is 16.5. The fourth-order valence-electron chi connectivity index (χ4n) is 2.19. The molecule has 0 atom stereocenters. The van der Waals surface area contributed by atoms with Crippen LogP contribution in [-0.4, -0.2) is 30.3 Å². The first-order chi connectivity index (χ1) is 9.30. The summed E-state index contributed by atoms with van der Waals surface area (Å²) < 4.78 is 7.54. The summed E-state index contributed by atoms with van der Waals surface area (Å²) in [5, 5.41) is 3.16. The van der Waals surface area contributed by atoms with Crippen molar-refractivity contribution in [3.05, 3.63) is 36.3 Å². The fraction of sp³-hybridized carbons (Fsp3) is 0.400. The lowest BCUT2D eigenvalue weighted by Crippen LogP contribution is -2.14. The minimum Gasteiger partial charge on any atom is -0.496 e. The Balaban J connectivity index is 2.33. The SMILES string of the molecule is CCc1cc(-c2cncn2CCNC)ccc1OC. The molecular weight excluding hydrogens is 238 g/mol. The maximum absolute atomic E-state index is 5.37. The minimum atomic E-state index is 0.916. The van der Waals surface area contributed by atoms with E-state index in [1.165, 1.54) is 11.1 Å². The van der Waals surface area contributed by atoms with Crippen LogP contribution in [0.25, 0.3) is 11.3 Å². The number of likely N-dealkylation sites (N-methyl/N-ethyl adjacent to an activating group) is 1. The van der Waals surface area contributed by atoms with Gasteiger partial charge in [-0.2, -0.15) is 0 Å². The van der Waals surface area contributed by atoms with E-state index in [0.29, 0.717) is 0 Å². The molecule has 0 saturated heterocycles. The van der Waals surface area contributed by atoms with E-state index < -0.39 is 0 Å². The standard InChI is InChI=1S/C15H21N3O/c1-4-12-9-13(5-6-15(12)19-3)14-10-17-11-18(14)8-7-16-2/h5-6,9-11,16H,4,7-8H2,1-3H3. The Kier molecular flexibility index (Phi) is 4.58. The normalized spacial score (nSPS) is 10.7. The molecule has 0 bridgehead atoms. The highest BCUT2D eigenvalue weighted by molar-refractivity contribution is 5.62. The highest BCUT2D eigenvalue weighted by Crippen LogP contribution is 2.26. The first kappa shape index (κ1) is 13.6. The molecule has 2 rings (SSSR count). The highest BCUT2D eigenvalue weighted by Gasteiger charge is 2.08. The number of nitrogens with one attached hydrogen (secondary N) is 1. The molecule has 0 fully saturated rings. The molecule has 4 heteroatoms. The second-order valence-electron chi connectivity index (χ2n) is 4.46. The van der Waals surface area contributed by atoms with E-state index >= 15 is 0 Å². The van der Waals surface area contributed by atoms with Crippen molar-refractivity contribution >= 4 is 0 Å². The predicted octanol–water partition coefficient (Wildman–Crippen LogP) is 2.34. The molecule has 102 valence electrons. The summed E-state index contributed by atoms with van der Waals surface area (Å²) >= 11 is 0. The average molecular weight is 259 g/mol. The van der Waals surface area contributed by atoms with E-state index in [4.69, 9.17) is 4.74 Å². The van der Waals surface area contributed by atoms with Crippen LogP contribution in [0, 0.1) is 0 Å². The first-order valence-electron chi connectivity index (χ1n) is 6.62. The van der Waals surface area contributed by atoms with Crippen molar-refractivity contribution in [2.24, 2.45) is 0 Å². The lowest BCUT2D eigenvalue weighted by atomic mass is 10.1. The molecule has 0 amide bonds. The summed E-state index contributed by atoms with van der Waals surface area (Å²) in [6.07, 6.45) is 4.75. The van der Waals surface area contributed by atoms with Crippen LogP contribution >= 0.6 is 0 Å². The quantitative estimate of drug-likeness (QED) is 0.865. The van der Waals surface area contributed by atoms with Crippen molar-refractivity contribution < 1.29 is 4.74 Å². The van der Waals surface area contributed by atoms with Crippen molar-refractivity contribution in [3.8, 4) is 17.0 Å². The molecule has 0 aliphatic carbocycles. The van der Waals surface area contributed by atoms with Crippen LogP contribution in [0.2, 0.25) is 0 Å². The smallest absolute Gasteiger partial charge is 0.122 e. The van der Waals surface area contributed by atoms with Crippen LogP contribution in [0.4, 0.5) is 0 Å². The van der Waals surface area contributed by atoms with Crippen molar-refractivity contribution in [2.45, 2.75) is 19.9 Å². The molecular formula is C15H21N3O. The molecule has 0 unspecified atom stereocenters. The van der Waals surface area contributed by atoms with Gasteiger partial charge in [0.1, 0.15) is 5.75 Å². The lowest BCUT2D eigenvalue weighted by molar-refractivity contribution is 0.410. The average Bonchev–Trinajstić information content (AvgIpc) is 2.92. The molecule has 0 saturated carbocycles. The summed E-state index contributed by atoms with van der Waals surface area (Å²) in [6, 6.07) is 6.31. The van der Waals surface area contributed by atoms with Gasteiger partial charge in [0, 0.05) is 18.7 Å². The Labute approximate surface area is 114 Å². The fourth-order valence-corrected chi connectivity index (χ4v) is 2.19. The van der Waals surface area contributed by atoms with Gasteiger partial charge in [0.25, 0.3) is 0 Å². The van der Waals surface area contributed by atoms with Crippen LogP contribution in [0.15, 0.2) is 30.7 Å². The minimum absolute atomic E-state index is 0.916. The number of benzene rings is 1. The van der Waals surface area contributed by atoms with Gasteiger partial charge in [-0.15, -0.1) is 0 Å². The van der Waals surface area contributed by atoms with Crippen LogP contribution < -0.4 is 10.1 Å². The van der Waals surface area contributed by atoms with Gasteiger partial charge in [0.2, 0.25) is 0 Å². The van der Waals surface area contributed by atoms with E-state index in [2.05, 4.69) is 33.9 Å². The van der Waals surface area contributed by atoms with Gasteiger partial charge in [-0.1, -0.05) is 6.92 Å². The predicted molar refractivity (Wildman–Crippen MR) is 77.5 cm³/mol. The summed E-state index contributed by atoms with van der Waals surface area (Å²) in [5.41, 5.74) is 3.56. The molecule has 1 heterocycles. The topological polar surface area (TPSA) is 39.1 Å². The number of hydrogen-bond donors (Lipinski definition) is 1. The van der Waals surface area contributed by atoms with E-state index in [1.807, 2.05) is 25.6 Å². The molecule has 1 N–H and O–H groups in total. The van der Waals surface area contributed by atoms with Crippen molar-refractivity contribution in [2.75, 3.05) is 20.7 Å². The van der Waals surface area contributed by atoms with Gasteiger partial charge >= 0.3 is 0 Å². The number of nitrogens with zero attached hydrogens (tertiary/aromatic N) is 2. The Bertz CT molecular complexity index is 534. The zero-order valence-electron chi connectivity index (χ0n) is 11.8. The summed E-state index contributed by atoms with van der Waals surface area (Å²) in [7, 11) is 3.67. The zero-order valence-corrected chi connectivity index (χ0v) is 11.8. The maximum atomic E-state index is 5.37. The molecule has 1 aromatic carbocycles. The third-order valence-corrected chi connectivity index (χ3v) is 3.27. The third-order valence-electron chi connectivity index (χ3n) is 3.27. The number of aryl methyl sites for hydroxylation is 1. The van der Waals surface area contributed by atoms with Gasteiger partial charge in [-0.05, 0) is 37.2 Å². The summed E-state index contributed by atoms with van der Waals surface area (Å²) in [6.45, 7) is 3.99. The second kappa shape index (κ2) is 6.38. The maximum Gasteiger partial charge on any atom is 0.122 e. The number of rotatable bonds is 6. The van der Waals surface area contributed by atoms with Gasteiger partial charge < -0.3 is 14.6 Å². The van der Waals surface area contributed by atoms with Crippen molar-refractivity contribution in [1.82, 2.24) is 14.9 Å². The molecule has 0 aliphatic rings. The summed E-state index contributed by atoms with van der Waals surface area (Å²) in [5.74, 6) is 0.951. The molecule has 19 heavy (non-hydrogen) atoms. The van der Waals surface area contributed by atoms with E-state index in [9.17, 15) is 0 Å². The first-order valence-corrected chi connectivity index (χ1v) is 6.62. The number of aromatic nitrogens is 2. The van der Waals surface area contributed by atoms with Crippen LogP contribution in [-0.2, 0) is 13.0 Å². The van der Waals surface area contributed by atoms with E-state index in [1.54, 1.807) is 7.11 Å². The summed E-state index contributed by atoms with van der Waals surface area (Å²) in [4.78, 5) is 4.25. The van der Waals surface area contributed by atoms with Gasteiger partial charge in [-0.3, -0.25) is 0 Å². The molecule has 1 aromatic heterocycles. The van der Waals surface area contributed by atoms with Crippen LogP contribution in [0.3, 0.4) is 0 Å². The van der Waals surface area contributed by atoms with Gasteiger partial charge in [0.05, 0.1) is 25.3 Å². The Morgan fingerprint density at radius 3 is 2.89 bits per heavy atom. The van der Waals surface area contributed by atoms with E-state index in [0.717, 1.165) is 31.0 Å². The van der Waals surface area contributed by atoms with Crippen LogP contribution in [0.5, 0.6) is 5.75 Å². The number of ether oxygens (including phenoxy) is 1. The zero-order chi connectivity index (χ0) is 13.7. The van der Waals surface area contributed by atoms with Crippen molar-refractivity contribution in [1.29, 1.82) is 0 Å². The van der Waals surface area contributed by atoms with E-state index in [-0.39, 0.29) is 0 Å². The second-order valence-corrected chi connectivity index (χ2v) is 4.46. The number of imidazole rings is 1. The third kappa shape index (κ3) is 2.96.